The van der Waals surface area contributed by atoms with E-state index in [0.29, 0.717) is 11.3 Å². The summed E-state index contributed by atoms with van der Waals surface area (Å²) in [4.78, 5) is 23.3. The van der Waals surface area contributed by atoms with Crippen LogP contribution < -0.4 is 10.4 Å². The number of aryl methyl sites for hydroxylation is 1. The Bertz CT molecular complexity index is 853. The van der Waals surface area contributed by atoms with Gasteiger partial charge >= 0.3 is 5.63 Å². The van der Waals surface area contributed by atoms with E-state index >= 15 is 0 Å². The summed E-state index contributed by atoms with van der Waals surface area (Å²) in [5.41, 5.74) is 1.39. The Morgan fingerprint density at radius 1 is 1.24 bits per heavy atom. The van der Waals surface area contributed by atoms with Crippen molar-refractivity contribution in [2.24, 2.45) is 0 Å². The van der Waals surface area contributed by atoms with Crippen molar-refractivity contribution in [2.45, 2.75) is 33.3 Å². The quantitative estimate of drug-likeness (QED) is 0.594. The maximum atomic E-state index is 11.8. The SMILES string of the molecule is CC(=O)c1cc2c(C)c3c(cc2oc1=O)OC(C)(C)C=C3. The van der Waals surface area contributed by atoms with Crippen molar-refractivity contribution in [3.63, 3.8) is 0 Å². The molecule has 108 valence electrons. The molecule has 2 heterocycles. The third-order valence-corrected chi connectivity index (χ3v) is 3.72. The van der Waals surface area contributed by atoms with E-state index in [9.17, 15) is 9.59 Å². The normalized spacial score (nSPS) is 15.6. The average Bonchev–Trinajstić information content (AvgIpc) is 2.36. The molecule has 4 nitrogen and oxygen atoms in total. The zero-order chi connectivity index (χ0) is 15.4. The van der Waals surface area contributed by atoms with E-state index in [2.05, 4.69) is 0 Å². The lowest BCUT2D eigenvalue weighted by molar-refractivity contribution is 0.101. The van der Waals surface area contributed by atoms with Crippen LogP contribution in [0.3, 0.4) is 0 Å². The highest BCUT2D eigenvalue weighted by Crippen LogP contribution is 2.37. The fraction of sp³-hybridized carbons (Fsp3) is 0.294. The molecule has 0 bridgehead atoms. The Hall–Kier alpha value is -2.36. The molecule has 3 rings (SSSR count). The van der Waals surface area contributed by atoms with Gasteiger partial charge < -0.3 is 9.15 Å². The van der Waals surface area contributed by atoms with E-state index in [4.69, 9.17) is 9.15 Å². The van der Waals surface area contributed by atoms with E-state index in [1.807, 2.05) is 32.9 Å². The van der Waals surface area contributed by atoms with Gasteiger partial charge in [-0.3, -0.25) is 4.79 Å². The highest BCUT2D eigenvalue weighted by molar-refractivity contribution is 5.98. The molecule has 0 spiro atoms. The minimum atomic E-state index is -0.611. The van der Waals surface area contributed by atoms with Gasteiger partial charge in [-0.25, -0.2) is 4.79 Å². The minimum absolute atomic E-state index is 0.0755. The van der Waals surface area contributed by atoms with E-state index in [1.54, 1.807) is 12.1 Å². The molecule has 4 heteroatoms. The number of benzene rings is 1. The minimum Gasteiger partial charge on any atom is -0.483 e. The van der Waals surface area contributed by atoms with E-state index < -0.39 is 11.2 Å². The highest BCUT2D eigenvalue weighted by Gasteiger charge is 2.24. The number of carbonyl (C=O) groups excluding carboxylic acids is 1. The van der Waals surface area contributed by atoms with Gasteiger partial charge in [-0.1, -0.05) is 6.08 Å². The monoisotopic (exact) mass is 284 g/mol. The topological polar surface area (TPSA) is 56.5 Å². The molecule has 0 saturated carbocycles. The summed E-state index contributed by atoms with van der Waals surface area (Å²) in [6.45, 7) is 7.20. The smallest absolute Gasteiger partial charge is 0.347 e. The van der Waals surface area contributed by atoms with Crippen LogP contribution in [0.5, 0.6) is 5.75 Å². The van der Waals surface area contributed by atoms with Gasteiger partial charge in [0, 0.05) is 17.0 Å². The van der Waals surface area contributed by atoms with Crippen molar-refractivity contribution >= 4 is 22.8 Å². The molecule has 0 unspecified atom stereocenters. The first kappa shape index (κ1) is 13.6. The van der Waals surface area contributed by atoms with Gasteiger partial charge in [0.05, 0.1) is 0 Å². The molecule has 0 saturated heterocycles. The van der Waals surface area contributed by atoms with Gasteiger partial charge in [0.25, 0.3) is 0 Å². The number of Topliss-reactive ketones (excluding diaryl/α,β-unsaturated/α-hetero) is 1. The van der Waals surface area contributed by atoms with Crippen LogP contribution in [0.2, 0.25) is 0 Å². The molecule has 1 aliphatic rings. The Morgan fingerprint density at radius 3 is 2.62 bits per heavy atom. The molecule has 1 aliphatic heterocycles. The van der Waals surface area contributed by atoms with Crippen LogP contribution in [-0.4, -0.2) is 11.4 Å². The number of ketones is 1. The molecule has 2 aromatic rings. The van der Waals surface area contributed by atoms with Gasteiger partial charge in [-0.05, 0) is 45.4 Å². The van der Waals surface area contributed by atoms with Gasteiger partial charge in [-0.2, -0.15) is 0 Å². The van der Waals surface area contributed by atoms with E-state index in [1.165, 1.54) is 6.92 Å². The molecule has 21 heavy (non-hydrogen) atoms. The standard InChI is InChI=1S/C17H16O4/c1-9-11-5-6-17(3,4)21-15(11)8-14-12(9)7-13(10(2)18)16(19)20-14/h5-8H,1-4H3. The predicted octanol–water partition coefficient (Wildman–Crippen LogP) is 3.49. The van der Waals surface area contributed by atoms with Gasteiger partial charge in [0.15, 0.2) is 5.78 Å². The van der Waals surface area contributed by atoms with Crippen molar-refractivity contribution in [1.29, 1.82) is 0 Å². The number of fused-ring (bicyclic) bond motifs is 2. The molecule has 0 amide bonds. The molecular weight excluding hydrogens is 268 g/mol. The molecule has 0 aliphatic carbocycles. The molecule has 1 aromatic heterocycles. The lowest BCUT2D eigenvalue weighted by Crippen LogP contribution is -2.27. The van der Waals surface area contributed by atoms with Gasteiger partial charge in [0.1, 0.15) is 22.5 Å². The summed E-state index contributed by atoms with van der Waals surface area (Å²) in [6.07, 6.45) is 3.99. The lowest BCUT2D eigenvalue weighted by Gasteiger charge is -2.28. The zero-order valence-electron chi connectivity index (χ0n) is 12.4. The summed E-state index contributed by atoms with van der Waals surface area (Å²) < 4.78 is 11.2. The third-order valence-electron chi connectivity index (χ3n) is 3.72. The van der Waals surface area contributed by atoms with Crippen LogP contribution in [0.15, 0.2) is 27.4 Å². The zero-order valence-corrected chi connectivity index (χ0v) is 12.4. The number of hydrogen-bond donors (Lipinski definition) is 0. The van der Waals surface area contributed by atoms with Crippen LogP contribution in [0.1, 0.15) is 42.3 Å². The Labute approximate surface area is 122 Å². The van der Waals surface area contributed by atoms with Crippen molar-refractivity contribution in [3.05, 3.63) is 45.3 Å². The number of hydrogen-bond acceptors (Lipinski definition) is 4. The van der Waals surface area contributed by atoms with E-state index in [0.717, 1.165) is 16.5 Å². The Balaban J connectivity index is 2.35. The Morgan fingerprint density at radius 2 is 1.95 bits per heavy atom. The highest BCUT2D eigenvalue weighted by atomic mass is 16.5. The van der Waals surface area contributed by atoms with Crippen molar-refractivity contribution in [2.75, 3.05) is 0 Å². The molecule has 0 fully saturated rings. The third kappa shape index (κ3) is 2.17. The molecule has 0 atom stereocenters. The van der Waals surface area contributed by atoms with Crippen molar-refractivity contribution in [1.82, 2.24) is 0 Å². The summed E-state index contributed by atoms with van der Waals surface area (Å²) in [7, 11) is 0. The lowest BCUT2D eigenvalue weighted by atomic mass is 9.96. The first-order chi connectivity index (χ1) is 9.78. The van der Waals surface area contributed by atoms with Crippen LogP contribution in [0.4, 0.5) is 0 Å². The second-order valence-corrected chi connectivity index (χ2v) is 5.87. The summed E-state index contributed by atoms with van der Waals surface area (Å²) in [5.74, 6) is 0.391. The first-order valence-corrected chi connectivity index (χ1v) is 6.79. The second kappa shape index (κ2) is 4.32. The molecule has 0 N–H and O–H groups in total. The van der Waals surface area contributed by atoms with Gasteiger partial charge in [-0.15, -0.1) is 0 Å². The molecule has 0 radical (unpaired) electrons. The molecule has 1 aromatic carbocycles. The summed E-state index contributed by atoms with van der Waals surface area (Å²) >= 11 is 0. The Kier molecular flexibility index (Phi) is 2.80. The van der Waals surface area contributed by atoms with Crippen LogP contribution >= 0.6 is 0 Å². The van der Waals surface area contributed by atoms with Crippen LogP contribution in [0, 0.1) is 6.92 Å². The van der Waals surface area contributed by atoms with E-state index in [-0.39, 0.29) is 11.3 Å². The predicted molar refractivity (Wildman–Crippen MR) is 81.0 cm³/mol. The average molecular weight is 284 g/mol. The first-order valence-electron chi connectivity index (χ1n) is 6.79. The number of rotatable bonds is 1. The maximum Gasteiger partial charge on any atom is 0.347 e. The van der Waals surface area contributed by atoms with Crippen LogP contribution in [0.25, 0.3) is 17.0 Å². The van der Waals surface area contributed by atoms with Gasteiger partial charge in [0.2, 0.25) is 0 Å². The van der Waals surface area contributed by atoms with Crippen LogP contribution in [-0.2, 0) is 0 Å². The largest absolute Gasteiger partial charge is 0.483 e. The summed E-state index contributed by atoms with van der Waals surface area (Å²) in [6, 6.07) is 3.32. The van der Waals surface area contributed by atoms with Crippen molar-refractivity contribution in [3.8, 4) is 5.75 Å². The number of ether oxygens (including phenoxy) is 1. The fourth-order valence-corrected chi connectivity index (χ4v) is 2.55. The number of carbonyl (C=O) groups is 1. The fourth-order valence-electron chi connectivity index (χ4n) is 2.55. The molecular formula is C17H16O4. The second-order valence-electron chi connectivity index (χ2n) is 5.87. The summed E-state index contributed by atoms with van der Waals surface area (Å²) in [5, 5.41) is 0.756. The maximum absolute atomic E-state index is 11.8. The van der Waals surface area contributed by atoms with Crippen molar-refractivity contribution < 1.29 is 13.9 Å².